The number of amides is 1. The predicted molar refractivity (Wildman–Crippen MR) is 93.2 cm³/mol. The van der Waals surface area contributed by atoms with Gasteiger partial charge in [-0.3, -0.25) is 4.79 Å². The predicted octanol–water partition coefficient (Wildman–Crippen LogP) is 2.62. The Morgan fingerprint density at radius 1 is 1.28 bits per heavy atom. The van der Waals surface area contributed by atoms with Crippen LogP contribution in [0, 0.1) is 0 Å². The molecule has 6 nitrogen and oxygen atoms in total. The van der Waals surface area contributed by atoms with Gasteiger partial charge in [0, 0.05) is 12.4 Å². The van der Waals surface area contributed by atoms with Gasteiger partial charge < -0.3 is 19.2 Å². The highest BCUT2D eigenvalue weighted by Crippen LogP contribution is 2.38. The van der Waals surface area contributed by atoms with Crippen molar-refractivity contribution >= 4 is 23.2 Å². The van der Waals surface area contributed by atoms with Gasteiger partial charge in [0.2, 0.25) is 5.91 Å². The highest BCUT2D eigenvalue weighted by molar-refractivity contribution is 6.32. The largest absolute Gasteiger partial charge is 0.486 e. The van der Waals surface area contributed by atoms with Crippen molar-refractivity contribution in [2.45, 2.75) is 13.0 Å². The molecule has 0 unspecified atom stereocenters. The lowest BCUT2D eigenvalue weighted by Crippen LogP contribution is -2.25. The first-order chi connectivity index (χ1) is 12.2. The number of fused-ring (bicyclic) bond motifs is 2. The maximum atomic E-state index is 12.2. The second-order valence-electron chi connectivity index (χ2n) is 5.75. The van der Waals surface area contributed by atoms with E-state index in [4.69, 9.17) is 21.1 Å². The smallest absolute Gasteiger partial charge is 0.224 e. The van der Waals surface area contributed by atoms with Gasteiger partial charge in [-0.1, -0.05) is 17.7 Å². The highest BCUT2D eigenvalue weighted by Gasteiger charge is 2.17. The van der Waals surface area contributed by atoms with Gasteiger partial charge >= 0.3 is 0 Å². The van der Waals surface area contributed by atoms with Crippen LogP contribution < -0.4 is 14.8 Å². The van der Waals surface area contributed by atoms with Crippen LogP contribution in [0.15, 0.2) is 42.7 Å². The number of benzene rings is 1. The third-order valence-corrected chi connectivity index (χ3v) is 4.18. The van der Waals surface area contributed by atoms with E-state index in [1.807, 2.05) is 35.0 Å². The van der Waals surface area contributed by atoms with E-state index in [2.05, 4.69) is 10.3 Å². The Labute approximate surface area is 149 Å². The zero-order valence-corrected chi connectivity index (χ0v) is 14.1. The number of carbonyl (C=O) groups excluding carboxylic acids is 1. The number of imidazole rings is 1. The molecule has 0 saturated carbocycles. The van der Waals surface area contributed by atoms with Gasteiger partial charge in [0.15, 0.2) is 11.5 Å². The lowest BCUT2D eigenvalue weighted by Gasteiger charge is -2.20. The number of rotatable bonds is 4. The average Bonchev–Trinajstić information content (AvgIpc) is 3.03. The van der Waals surface area contributed by atoms with Crippen LogP contribution in [0.5, 0.6) is 11.5 Å². The molecular weight excluding hydrogens is 342 g/mol. The summed E-state index contributed by atoms with van der Waals surface area (Å²) in [5.74, 6) is 1.02. The number of hydrogen-bond donors (Lipinski definition) is 1. The fourth-order valence-corrected chi connectivity index (χ4v) is 3.06. The summed E-state index contributed by atoms with van der Waals surface area (Å²) in [6, 6.07) is 9.31. The van der Waals surface area contributed by atoms with E-state index in [0.29, 0.717) is 36.3 Å². The van der Waals surface area contributed by atoms with Crippen LogP contribution in [0.25, 0.3) is 5.65 Å². The lowest BCUT2D eigenvalue weighted by molar-refractivity contribution is -0.120. The summed E-state index contributed by atoms with van der Waals surface area (Å²) in [5.41, 5.74) is 2.44. The van der Waals surface area contributed by atoms with Crippen molar-refractivity contribution < 1.29 is 14.3 Å². The molecule has 0 radical (unpaired) electrons. The fraction of sp³-hybridized carbons (Fsp3) is 0.222. The second-order valence-corrected chi connectivity index (χ2v) is 6.16. The average molecular weight is 358 g/mol. The van der Waals surface area contributed by atoms with Gasteiger partial charge in [-0.25, -0.2) is 4.98 Å². The summed E-state index contributed by atoms with van der Waals surface area (Å²) in [7, 11) is 0. The van der Waals surface area contributed by atoms with E-state index in [0.717, 1.165) is 16.9 Å². The van der Waals surface area contributed by atoms with E-state index >= 15 is 0 Å². The Balaban J connectivity index is 1.41. The minimum Gasteiger partial charge on any atom is -0.486 e. The normalized spacial score (nSPS) is 13.0. The Bertz CT molecular complexity index is 905. The fourth-order valence-electron chi connectivity index (χ4n) is 2.78. The summed E-state index contributed by atoms with van der Waals surface area (Å²) in [4.78, 5) is 16.7. The molecule has 0 bridgehead atoms. The molecule has 0 atom stereocenters. The van der Waals surface area contributed by atoms with Crippen LogP contribution in [0.2, 0.25) is 5.02 Å². The molecule has 1 aromatic carbocycles. The molecule has 0 aliphatic carbocycles. The van der Waals surface area contributed by atoms with Gasteiger partial charge in [-0.05, 0) is 29.8 Å². The SMILES string of the molecule is O=C(Cc1cc(Cl)c2c(c1)OCCO2)NCc1cn2ccccc2n1. The van der Waals surface area contributed by atoms with Crippen LogP contribution in [0.4, 0.5) is 0 Å². The third kappa shape index (κ3) is 3.39. The van der Waals surface area contributed by atoms with Gasteiger partial charge in [-0.2, -0.15) is 0 Å². The molecule has 1 aliphatic heterocycles. The molecule has 4 rings (SSSR count). The first-order valence-corrected chi connectivity index (χ1v) is 8.34. The monoisotopic (exact) mass is 357 g/mol. The van der Waals surface area contributed by atoms with Crippen molar-refractivity contribution in [2.75, 3.05) is 13.2 Å². The Kier molecular flexibility index (Phi) is 4.19. The molecule has 1 N–H and O–H groups in total. The number of carbonyl (C=O) groups is 1. The molecule has 0 saturated heterocycles. The lowest BCUT2D eigenvalue weighted by atomic mass is 10.1. The van der Waals surface area contributed by atoms with E-state index in [9.17, 15) is 4.79 Å². The molecule has 1 aliphatic rings. The first kappa shape index (κ1) is 15.8. The number of nitrogens with zero attached hydrogens (tertiary/aromatic N) is 2. The third-order valence-electron chi connectivity index (χ3n) is 3.90. The van der Waals surface area contributed by atoms with E-state index < -0.39 is 0 Å². The molecule has 0 fully saturated rings. The molecule has 2 aromatic heterocycles. The summed E-state index contributed by atoms with van der Waals surface area (Å²) in [6.07, 6.45) is 4.03. The maximum Gasteiger partial charge on any atom is 0.224 e. The summed E-state index contributed by atoms with van der Waals surface area (Å²) in [5, 5.41) is 3.34. The van der Waals surface area contributed by atoms with Gasteiger partial charge in [0.25, 0.3) is 0 Å². The maximum absolute atomic E-state index is 12.2. The summed E-state index contributed by atoms with van der Waals surface area (Å²) >= 11 is 6.20. The number of pyridine rings is 1. The number of aromatic nitrogens is 2. The van der Waals surface area contributed by atoms with Crippen molar-refractivity contribution in [3.05, 3.63) is 59.0 Å². The topological polar surface area (TPSA) is 64.9 Å². The standard InChI is InChI=1S/C18H16ClN3O3/c19-14-7-12(8-15-18(14)25-6-5-24-15)9-17(23)20-10-13-11-22-4-2-1-3-16(22)21-13/h1-4,7-8,11H,5-6,9-10H2,(H,20,23). The molecule has 1 amide bonds. The molecule has 0 spiro atoms. The van der Waals surface area contributed by atoms with E-state index in [1.165, 1.54) is 0 Å². The molecule has 128 valence electrons. The minimum atomic E-state index is -0.107. The van der Waals surface area contributed by atoms with Crippen molar-refractivity contribution in [1.29, 1.82) is 0 Å². The highest BCUT2D eigenvalue weighted by atomic mass is 35.5. The van der Waals surface area contributed by atoms with Gasteiger partial charge in [0.05, 0.1) is 23.7 Å². The van der Waals surface area contributed by atoms with Crippen molar-refractivity contribution in [3.8, 4) is 11.5 Å². The second kappa shape index (κ2) is 6.64. The van der Waals surface area contributed by atoms with Crippen LogP contribution in [-0.2, 0) is 17.8 Å². The molecule has 25 heavy (non-hydrogen) atoms. The molecule has 3 aromatic rings. The van der Waals surface area contributed by atoms with Gasteiger partial charge in [-0.15, -0.1) is 0 Å². The first-order valence-electron chi connectivity index (χ1n) is 7.96. The van der Waals surface area contributed by atoms with E-state index in [1.54, 1.807) is 12.1 Å². The number of nitrogens with one attached hydrogen (secondary N) is 1. The Morgan fingerprint density at radius 3 is 3.04 bits per heavy atom. The zero-order chi connectivity index (χ0) is 17.2. The minimum absolute atomic E-state index is 0.107. The zero-order valence-electron chi connectivity index (χ0n) is 13.4. The molecule has 7 heteroatoms. The Morgan fingerprint density at radius 2 is 2.16 bits per heavy atom. The van der Waals surface area contributed by atoms with Gasteiger partial charge in [0.1, 0.15) is 18.9 Å². The van der Waals surface area contributed by atoms with Crippen molar-refractivity contribution in [3.63, 3.8) is 0 Å². The number of halogens is 1. The molecular formula is C18H16ClN3O3. The number of hydrogen-bond acceptors (Lipinski definition) is 4. The number of ether oxygens (including phenoxy) is 2. The van der Waals surface area contributed by atoms with E-state index in [-0.39, 0.29) is 12.3 Å². The van der Waals surface area contributed by atoms with Crippen molar-refractivity contribution in [2.24, 2.45) is 0 Å². The van der Waals surface area contributed by atoms with Crippen molar-refractivity contribution in [1.82, 2.24) is 14.7 Å². The van der Waals surface area contributed by atoms with Crippen LogP contribution >= 0.6 is 11.6 Å². The van der Waals surface area contributed by atoms with Crippen LogP contribution in [0.1, 0.15) is 11.3 Å². The Hall–Kier alpha value is -2.73. The summed E-state index contributed by atoms with van der Waals surface area (Å²) < 4.78 is 12.9. The quantitative estimate of drug-likeness (QED) is 0.779. The van der Waals surface area contributed by atoms with Crippen LogP contribution in [0.3, 0.4) is 0 Å². The summed E-state index contributed by atoms with van der Waals surface area (Å²) in [6.45, 7) is 1.33. The molecule has 3 heterocycles. The van der Waals surface area contributed by atoms with Crippen LogP contribution in [-0.4, -0.2) is 28.5 Å².